The Balaban J connectivity index is 1.79. The van der Waals surface area contributed by atoms with Crippen molar-refractivity contribution in [2.24, 2.45) is 10.7 Å². The topological polar surface area (TPSA) is 78.1 Å². The number of hydrogen-bond donors (Lipinski definition) is 2. The lowest BCUT2D eigenvalue weighted by Crippen LogP contribution is -2.38. The SMILES string of the molecule is CCOc1ccc(OCC)c(NC(N)=NCC2(c3ccccc3)CCOCC2)c1. The molecule has 1 saturated heterocycles. The van der Waals surface area contributed by atoms with E-state index in [1.54, 1.807) is 0 Å². The van der Waals surface area contributed by atoms with E-state index in [4.69, 9.17) is 24.9 Å². The number of hydrogen-bond acceptors (Lipinski definition) is 4. The molecular formula is C23H31N3O3. The summed E-state index contributed by atoms with van der Waals surface area (Å²) in [6.45, 7) is 7.15. The van der Waals surface area contributed by atoms with Crippen molar-refractivity contribution in [2.45, 2.75) is 32.1 Å². The van der Waals surface area contributed by atoms with Crippen LogP contribution in [0.3, 0.4) is 0 Å². The molecule has 0 bridgehead atoms. The smallest absolute Gasteiger partial charge is 0.193 e. The van der Waals surface area contributed by atoms with Crippen molar-refractivity contribution in [3.8, 4) is 11.5 Å². The van der Waals surface area contributed by atoms with Gasteiger partial charge in [0, 0.05) is 24.7 Å². The van der Waals surface area contributed by atoms with Crippen LogP contribution in [0.1, 0.15) is 32.3 Å². The molecule has 0 radical (unpaired) electrons. The summed E-state index contributed by atoms with van der Waals surface area (Å²) in [5.74, 6) is 1.84. The van der Waals surface area contributed by atoms with E-state index in [-0.39, 0.29) is 5.41 Å². The Bertz CT molecular complexity index is 802. The number of aliphatic imine (C=N–C) groups is 1. The van der Waals surface area contributed by atoms with Crippen LogP contribution in [0.4, 0.5) is 5.69 Å². The maximum absolute atomic E-state index is 6.26. The summed E-state index contributed by atoms with van der Waals surface area (Å²) < 4.78 is 16.9. The molecule has 1 aliphatic heterocycles. The minimum absolute atomic E-state index is 0.0538. The number of rotatable bonds is 8. The second-order valence-corrected chi connectivity index (χ2v) is 7.11. The highest BCUT2D eigenvalue weighted by Gasteiger charge is 2.34. The Morgan fingerprint density at radius 2 is 1.79 bits per heavy atom. The first kappa shape index (κ1) is 21.0. The van der Waals surface area contributed by atoms with Crippen molar-refractivity contribution in [1.82, 2.24) is 0 Å². The molecule has 1 aliphatic rings. The van der Waals surface area contributed by atoms with Crippen molar-refractivity contribution in [1.29, 1.82) is 0 Å². The van der Waals surface area contributed by atoms with Gasteiger partial charge in [-0.3, -0.25) is 4.99 Å². The van der Waals surface area contributed by atoms with Crippen LogP contribution in [0, 0.1) is 0 Å². The maximum atomic E-state index is 6.26. The minimum Gasteiger partial charge on any atom is -0.494 e. The average molecular weight is 398 g/mol. The molecule has 0 unspecified atom stereocenters. The van der Waals surface area contributed by atoms with Gasteiger partial charge >= 0.3 is 0 Å². The molecule has 0 spiro atoms. The van der Waals surface area contributed by atoms with Crippen LogP contribution in [0.5, 0.6) is 11.5 Å². The van der Waals surface area contributed by atoms with Crippen LogP contribution in [-0.4, -0.2) is 38.9 Å². The Labute approximate surface area is 173 Å². The van der Waals surface area contributed by atoms with Gasteiger partial charge in [-0.05, 0) is 44.4 Å². The minimum atomic E-state index is -0.0538. The second-order valence-electron chi connectivity index (χ2n) is 7.11. The van der Waals surface area contributed by atoms with Crippen molar-refractivity contribution < 1.29 is 14.2 Å². The monoisotopic (exact) mass is 397 g/mol. The molecule has 0 amide bonds. The molecule has 3 rings (SSSR count). The fraction of sp³-hybridized carbons (Fsp3) is 0.435. The normalized spacial score (nSPS) is 16.3. The fourth-order valence-corrected chi connectivity index (χ4v) is 3.65. The van der Waals surface area contributed by atoms with Crippen LogP contribution in [0.25, 0.3) is 0 Å². The summed E-state index contributed by atoms with van der Waals surface area (Å²) in [4.78, 5) is 4.70. The third-order valence-corrected chi connectivity index (χ3v) is 5.21. The third-order valence-electron chi connectivity index (χ3n) is 5.21. The van der Waals surface area contributed by atoms with E-state index in [0.29, 0.717) is 25.7 Å². The predicted molar refractivity (Wildman–Crippen MR) is 117 cm³/mol. The lowest BCUT2D eigenvalue weighted by molar-refractivity contribution is 0.0531. The standard InChI is InChI=1S/C23H31N3O3/c1-3-28-19-10-11-21(29-4-2)20(16-19)26-22(24)25-17-23(12-14-27-15-13-23)18-8-6-5-7-9-18/h5-11,16H,3-4,12-15,17H2,1-2H3,(H3,24,25,26). The molecule has 1 heterocycles. The van der Waals surface area contributed by atoms with Crippen LogP contribution < -0.4 is 20.5 Å². The van der Waals surface area contributed by atoms with Crippen LogP contribution in [0.15, 0.2) is 53.5 Å². The van der Waals surface area contributed by atoms with E-state index < -0.39 is 0 Å². The number of anilines is 1. The van der Waals surface area contributed by atoms with E-state index >= 15 is 0 Å². The molecule has 0 aliphatic carbocycles. The zero-order valence-electron chi connectivity index (χ0n) is 17.3. The predicted octanol–water partition coefficient (Wildman–Crippen LogP) is 3.96. The molecule has 156 valence electrons. The van der Waals surface area contributed by atoms with Gasteiger partial charge < -0.3 is 25.3 Å². The lowest BCUT2D eigenvalue weighted by atomic mass is 9.74. The van der Waals surface area contributed by atoms with E-state index in [1.807, 2.05) is 38.1 Å². The van der Waals surface area contributed by atoms with Gasteiger partial charge in [-0.25, -0.2) is 0 Å². The first-order chi connectivity index (χ1) is 14.2. The molecule has 6 heteroatoms. The number of ether oxygens (including phenoxy) is 3. The largest absolute Gasteiger partial charge is 0.494 e. The average Bonchev–Trinajstić information content (AvgIpc) is 2.76. The quantitative estimate of drug-likeness (QED) is 0.521. The van der Waals surface area contributed by atoms with Crippen LogP contribution >= 0.6 is 0 Å². The second kappa shape index (κ2) is 10.2. The molecule has 2 aromatic carbocycles. The number of benzene rings is 2. The Morgan fingerprint density at radius 3 is 2.48 bits per heavy atom. The zero-order valence-corrected chi connectivity index (χ0v) is 17.3. The van der Waals surface area contributed by atoms with Gasteiger partial charge in [-0.1, -0.05) is 30.3 Å². The lowest BCUT2D eigenvalue weighted by Gasteiger charge is -2.36. The highest BCUT2D eigenvalue weighted by molar-refractivity contribution is 5.94. The molecular weight excluding hydrogens is 366 g/mol. The van der Waals surface area contributed by atoms with Crippen molar-refractivity contribution in [2.75, 3.05) is 38.3 Å². The number of nitrogens with one attached hydrogen (secondary N) is 1. The summed E-state index contributed by atoms with van der Waals surface area (Å²) in [6, 6.07) is 16.2. The van der Waals surface area contributed by atoms with E-state index in [9.17, 15) is 0 Å². The molecule has 6 nitrogen and oxygen atoms in total. The molecule has 1 fully saturated rings. The highest BCUT2D eigenvalue weighted by atomic mass is 16.5. The van der Waals surface area contributed by atoms with E-state index in [2.05, 4.69) is 29.6 Å². The summed E-state index contributed by atoms with van der Waals surface area (Å²) in [5.41, 5.74) is 8.24. The van der Waals surface area contributed by atoms with Crippen molar-refractivity contribution in [3.05, 3.63) is 54.1 Å². The first-order valence-corrected chi connectivity index (χ1v) is 10.3. The highest BCUT2D eigenvalue weighted by Crippen LogP contribution is 2.35. The van der Waals surface area contributed by atoms with Crippen LogP contribution in [-0.2, 0) is 10.2 Å². The van der Waals surface area contributed by atoms with Gasteiger partial charge in [-0.2, -0.15) is 0 Å². The number of nitrogens with zero attached hydrogens (tertiary/aromatic N) is 1. The van der Waals surface area contributed by atoms with Gasteiger partial charge in [0.05, 0.1) is 25.4 Å². The molecule has 0 aromatic heterocycles. The van der Waals surface area contributed by atoms with E-state index in [1.165, 1.54) is 5.56 Å². The molecule has 2 aromatic rings. The summed E-state index contributed by atoms with van der Waals surface area (Å²) in [7, 11) is 0. The number of nitrogens with two attached hydrogens (primary N) is 1. The first-order valence-electron chi connectivity index (χ1n) is 10.3. The Kier molecular flexibility index (Phi) is 7.36. The fourth-order valence-electron chi connectivity index (χ4n) is 3.65. The maximum Gasteiger partial charge on any atom is 0.193 e. The van der Waals surface area contributed by atoms with Crippen molar-refractivity contribution >= 4 is 11.6 Å². The summed E-state index contributed by atoms with van der Waals surface area (Å²) >= 11 is 0. The number of guanidine groups is 1. The van der Waals surface area contributed by atoms with Crippen LogP contribution in [0.2, 0.25) is 0 Å². The Morgan fingerprint density at radius 1 is 1.07 bits per heavy atom. The van der Waals surface area contributed by atoms with Gasteiger partial charge in [0.2, 0.25) is 0 Å². The van der Waals surface area contributed by atoms with Gasteiger partial charge in [0.1, 0.15) is 11.5 Å². The molecule has 0 atom stereocenters. The summed E-state index contributed by atoms with van der Waals surface area (Å²) in [5, 5.41) is 3.19. The van der Waals surface area contributed by atoms with Gasteiger partial charge in [-0.15, -0.1) is 0 Å². The molecule has 3 N–H and O–H groups in total. The molecule has 29 heavy (non-hydrogen) atoms. The van der Waals surface area contributed by atoms with Crippen molar-refractivity contribution in [3.63, 3.8) is 0 Å². The third kappa shape index (κ3) is 5.41. The Hall–Kier alpha value is -2.73. The summed E-state index contributed by atoms with van der Waals surface area (Å²) in [6.07, 6.45) is 1.86. The van der Waals surface area contributed by atoms with E-state index in [0.717, 1.165) is 43.2 Å². The van der Waals surface area contributed by atoms with Gasteiger partial charge in [0.25, 0.3) is 0 Å². The zero-order chi connectivity index (χ0) is 20.5. The molecule has 0 saturated carbocycles. The van der Waals surface area contributed by atoms with Gasteiger partial charge in [0.15, 0.2) is 5.96 Å².